The van der Waals surface area contributed by atoms with Crippen molar-refractivity contribution in [1.82, 2.24) is 24.8 Å². The first kappa shape index (κ1) is 18.7. The fourth-order valence-electron chi connectivity index (χ4n) is 3.22. The second-order valence-corrected chi connectivity index (χ2v) is 6.78. The number of fused-ring (bicyclic) bond motifs is 1. The summed E-state index contributed by atoms with van der Waals surface area (Å²) >= 11 is 0. The number of nitrogens with zero attached hydrogens (tertiary/aromatic N) is 5. The molecule has 0 aliphatic heterocycles. The van der Waals surface area contributed by atoms with Crippen molar-refractivity contribution in [2.45, 2.75) is 0 Å². The summed E-state index contributed by atoms with van der Waals surface area (Å²) in [7, 11) is 1.63. The monoisotopic (exact) mass is 412 g/mol. The van der Waals surface area contributed by atoms with Gasteiger partial charge in [0.1, 0.15) is 11.6 Å². The Labute approximate surface area is 177 Å². The number of hydrogen-bond donors (Lipinski definition) is 1. The fraction of sp³-hybridized carbons (Fsp3) is 0.0435. The molecule has 0 saturated heterocycles. The summed E-state index contributed by atoms with van der Waals surface area (Å²) in [4.78, 5) is 8.92. The summed E-state index contributed by atoms with van der Waals surface area (Å²) < 4.78 is 19.9. The minimum Gasteiger partial charge on any atom is -0.497 e. The molecule has 3 aromatic heterocycles. The Kier molecular flexibility index (Phi) is 4.72. The maximum absolute atomic E-state index is 13.2. The average Bonchev–Trinajstić information content (AvgIpc) is 3.24. The molecule has 0 saturated carbocycles. The van der Waals surface area contributed by atoms with Crippen LogP contribution in [0.3, 0.4) is 0 Å². The Hall–Kier alpha value is -4.33. The molecule has 8 heteroatoms. The largest absolute Gasteiger partial charge is 0.497 e. The van der Waals surface area contributed by atoms with Gasteiger partial charge in [-0.1, -0.05) is 0 Å². The predicted molar refractivity (Wildman–Crippen MR) is 116 cm³/mol. The lowest BCUT2D eigenvalue weighted by Crippen LogP contribution is -1.98. The van der Waals surface area contributed by atoms with Gasteiger partial charge < -0.3 is 10.1 Å². The number of halogens is 1. The standard InChI is InChI=1S/C23H17FN6O/c1-31-18-8-6-17(7-9-18)27-23-25-13-12-21(28-23)19-14-26-30-22(19)11-10-20(29-30)15-2-4-16(24)5-3-15/h2-14H,1H3,(H,25,27,28). The normalized spacial score (nSPS) is 10.9. The van der Waals surface area contributed by atoms with Crippen molar-refractivity contribution < 1.29 is 9.13 Å². The Morgan fingerprint density at radius 3 is 2.48 bits per heavy atom. The number of ether oxygens (including phenoxy) is 1. The zero-order chi connectivity index (χ0) is 21.2. The second-order valence-electron chi connectivity index (χ2n) is 6.78. The molecule has 0 fully saturated rings. The van der Waals surface area contributed by atoms with E-state index < -0.39 is 0 Å². The van der Waals surface area contributed by atoms with Crippen LogP contribution < -0.4 is 10.1 Å². The lowest BCUT2D eigenvalue weighted by molar-refractivity contribution is 0.415. The van der Waals surface area contributed by atoms with Crippen LogP contribution >= 0.6 is 0 Å². The van der Waals surface area contributed by atoms with Gasteiger partial charge in [-0.25, -0.2) is 14.4 Å². The van der Waals surface area contributed by atoms with Crippen molar-refractivity contribution in [2.75, 3.05) is 12.4 Å². The number of benzene rings is 2. The van der Waals surface area contributed by atoms with E-state index in [1.165, 1.54) is 12.1 Å². The quantitative estimate of drug-likeness (QED) is 0.449. The molecule has 0 spiro atoms. The number of nitrogens with one attached hydrogen (secondary N) is 1. The summed E-state index contributed by atoms with van der Waals surface area (Å²) in [6, 6.07) is 19.3. The second kappa shape index (κ2) is 7.83. The number of hydrogen-bond acceptors (Lipinski definition) is 6. The predicted octanol–water partition coefficient (Wildman–Crippen LogP) is 4.74. The molecule has 5 aromatic rings. The first-order chi connectivity index (χ1) is 15.2. The Bertz CT molecular complexity index is 1350. The van der Waals surface area contributed by atoms with E-state index in [2.05, 4.69) is 25.5 Å². The van der Waals surface area contributed by atoms with Crippen molar-refractivity contribution in [1.29, 1.82) is 0 Å². The van der Waals surface area contributed by atoms with Gasteiger partial charge in [0.05, 0.1) is 30.2 Å². The summed E-state index contributed by atoms with van der Waals surface area (Å²) in [5.41, 5.74) is 4.72. The smallest absolute Gasteiger partial charge is 0.227 e. The van der Waals surface area contributed by atoms with Crippen molar-refractivity contribution in [2.24, 2.45) is 0 Å². The lowest BCUT2D eigenvalue weighted by atomic mass is 10.1. The van der Waals surface area contributed by atoms with Gasteiger partial charge in [-0.3, -0.25) is 0 Å². The molecule has 0 radical (unpaired) electrons. The molecule has 31 heavy (non-hydrogen) atoms. The van der Waals surface area contributed by atoms with Crippen LogP contribution in [-0.2, 0) is 0 Å². The van der Waals surface area contributed by atoms with Crippen molar-refractivity contribution in [3.63, 3.8) is 0 Å². The highest BCUT2D eigenvalue weighted by atomic mass is 19.1. The molecule has 3 heterocycles. The Morgan fingerprint density at radius 1 is 0.903 bits per heavy atom. The molecule has 2 aromatic carbocycles. The fourth-order valence-corrected chi connectivity index (χ4v) is 3.22. The van der Waals surface area contributed by atoms with Crippen LogP contribution in [0.5, 0.6) is 5.75 Å². The van der Waals surface area contributed by atoms with E-state index in [4.69, 9.17) is 4.74 Å². The molecule has 0 bridgehead atoms. The maximum atomic E-state index is 13.2. The Balaban J connectivity index is 1.45. The third-order valence-electron chi connectivity index (χ3n) is 4.81. The van der Waals surface area contributed by atoms with Gasteiger partial charge in [-0.2, -0.15) is 9.73 Å². The molecule has 0 atom stereocenters. The zero-order valence-corrected chi connectivity index (χ0v) is 16.5. The van der Waals surface area contributed by atoms with E-state index in [1.54, 1.807) is 36.3 Å². The molecule has 0 amide bonds. The molecule has 1 N–H and O–H groups in total. The molecular formula is C23H17FN6O. The maximum Gasteiger partial charge on any atom is 0.227 e. The molecule has 152 valence electrons. The number of methoxy groups -OCH3 is 1. The van der Waals surface area contributed by atoms with Crippen LogP contribution in [0, 0.1) is 5.82 Å². The topological polar surface area (TPSA) is 77.2 Å². The van der Waals surface area contributed by atoms with E-state index in [1.807, 2.05) is 42.5 Å². The van der Waals surface area contributed by atoms with Crippen molar-refractivity contribution >= 4 is 17.2 Å². The van der Waals surface area contributed by atoms with E-state index in [-0.39, 0.29) is 5.82 Å². The average molecular weight is 412 g/mol. The van der Waals surface area contributed by atoms with Crippen molar-refractivity contribution in [3.05, 3.63) is 84.9 Å². The van der Waals surface area contributed by atoms with Crippen LogP contribution in [-0.4, -0.2) is 31.9 Å². The van der Waals surface area contributed by atoms with Crippen LogP contribution in [0.15, 0.2) is 79.1 Å². The van der Waals surface area contributed by atoms with E-state index in [9.17, 15) is 4.39 Å². The first-order valence-corrected chi connectivity index (χ1v) is 9.55. The number of aromatic nitrogens is 5. The molecular weight excluding hydrogens is 395 g/mol. The zero-order valence-electron chi connectivity index (χ0n) is 16.5. The minimum atomic E-state index is -0.283. The van der Waals surface area contributed by atoms with Crippen LogP contribution in [0.4, 0.5) is 16.0 Å². The first-order valence-electron chi connectivity index (χ1n) is 9.55. The van der Waals surface area contributed by atoms with Gasteiger partial charge >= 0.3 is 0 Å². The van der Waals surface area contributed by atoms with Gasteiger partial charge in [-0.05, 0) is 66.7 Å². The van der Waals surface area contributed by atoms with Gasteiger partial charge in [-0.15, -0.1) is 5.10 Å². The van der Waals surface area contributed by atoms with E-state index in [0.717, 1.165) is 33.8 Å². The number of rotatable bonds is 5. The SMILES string of the molecule is COc1ccc(Nc2nccc(-c3cnn4nc(-c5ccc(F)cc5)ccc34)n2)cc1. The number of anilines is 2. The van der Waals surface area contributed by atoms with Gasteiger partial charge in [0, 0.05) is 23.0 Å². The summed E-state index contributed by atoms with van der Waals surface area (Å²) in [5, 5.41) is 12.1. The van der Waals surface area contributed by atoms with Gasteiger partial charge in [0.2, 0.25) is 5.95 Å². The molecule has 0 aliphatic rings. The van der Waals surface area contributed by atoms with Crippen LogP contribution in [0.1, 0.15) is 0 Å². The van der Waals surface area contributed by atoms with E-state index in [0.29, 0.717) is 11.6 Å². The highest BCUT2D eigenvalue weighted by Crippen LogP contribution is 2.26. The summed E-state index contributed by atoms with van der Waals surface area (Å²) in [5.74, 6) is 0.964. The van der Waals surface area contributed by atoms with Crippen molar-refractivity contribution in [3.8, 4) is 28.3 Å². The third kappa shape index (κ3) is 3.78. The van der Waals surface area contributed by atoms with Crippen LogP contribution in [0.2, 0.25) is 0 Å². The van der Waals surface area contributed by atoms with Gasteiger partial charge in [0.15, 0.2) is 0 Å². The molecule has 7 nitrogen and oxygen atoms in total. The molecule has 5 rings (SSSR count). The van der Waals surface area contributed by atoms with E-state index >= 15 is 0 Å². The summed E-state index contributed by atoms with van der Waals surface area (Å²) in [6.07, 6.45) is 3.41. The van der Waals surface area contributed by atoms with Crippen LogP contribution in [0.25, 0.3) is 28.0 Å². The highest BCUT2D eigenvalue weighted by Gasteiger charge is 2.11. The highest BCUT2D eigenvalue weighted by molar-refractivity contribution is 5.78. The Morgan fingerprint density at radius 2 is 1.71 bits per heavy atom. The molecule has 0 unspecified atom stereocenters. The minimum absolute atomic E-state index is 0.283. The summed E-state index contributed by atoms with van der Waals surface area (Å²) in [6.45, 7) is 0. The lowest BCUT2D eigenvalue weighted by Gasteiger charge is -2.07. The third-order valence-corrected chi connectivity index (χ3v) is 4.81. The van der Waals surface area contributed by atoms with Gasteiger partial charge in [0.25, 0.3) is 0 Å². The molecule has 0 aliphatic carbocycles.